The van der Waals surface area contributed by atoms with Crippen molar-refractivity contribution in [2.24, 2.45) is 0 Å². The Hall–Kier alpha value is -2.20. The number of aromatic nitrogens is 1. The van der Waals surface area contributed by atoms with E-state index in [1.54, 1.807) is 38.4 Å². The van der Waals surface area contributed by atoms with Crippen molar-refractivity contribution in [2.75, 3.05) is 32.2 Å². The van der Waals surface area contributed by atoms with Gasteiger partial charge in [0.25, 0.3) is 5.91 Å². The number of methoxy groups -OCH3 is 1. The fourth-order valence-corrected chi connectivity index (χ4v) is 5.23. The second-order valence-electron chi connectivity index (χ2n) is 6.51. The lowest BCUT2D eigenvalue weighted by atomic mass is 10.2. The van der Waals surface area contributed by atoms with E-state index in [4.69, 9.17) is 21.1 Å². The Morgan fingerprint density at radius 3 is 2.86 bits per heavy atom. The number of amides is 1. The number of pyridine rings is 1. The zero-order chi connectivity index (χ0) is 21.0. The fourth-order valence-electron chi connectivity index (χ4n) is 3.06. The first-order valence-corrected chi connectivity index (χ1v) is 10.8. The predicted octanol–water partition coefficient (Wildman–Crippen LogP) is 2.85. The Morgan fingerprint density at radius 1 is 1.38 bits per heavy atom. The summed E-state index contributed by atoms with van der Waals surface area (Å²) in [5, 5.41) is 2.62. The van der Waals surface area contributed by atoms with Crippen molar-refractivity contribution >= 4 is 33.2 Å². The summed E-state index contributed by atoms with van der Waals surface area (Å²) >= 11 is 6.30. The molecule has 0 bridgehead atoms. The normalized spacial score (nSPS) is 14.8. The molecular formula is C19H22ClN3O5S. The van der Waals surface area contributed by atoms with Crippen LogP contribution in [-0.2, 0) is 19.6 Å². The number of ether oxygens (including phenoxy) is 2. The van der Waals surface area contributed by atoms with Crippen LogP contribution in [0.15, 0.2) is 41.4 Å². The second kappa shape index (κ2) is 9.08. The zero-order valence-corrected chi connectivity index (χ0v) is 17.7. The van der Waals surface area contributed by atoms with E-state index in [0.29, 0.717) is 24.4 Å². The van der Waals surface area contributed by atoms with E-state index < -0.39 is 16.1 Å². The summed E-state index contributed by atoms with van der Waals surface area (Å²) in [4.78, 5) is 15.7. The molecule has 1 N–H and O–H groups in total. The van der Waals surface area contributed by atoms with E-state index in [0.717, 1.165) is 0 Å². The fraction of sp³-hybridized carbons (Fsp3) is 0.368. The molecule has 0 saturated carbocycles. The van der Waals surface area contributed by atoms with Crippen LogP contribution in [-0.4, -0.2) is 50.5 Å². The SMILES string of the molecule is COCCCN(C(C)c1ccccn1)S(=O)(=O)c1cc2c(cc1Cl)NC(=O)CO2. The monoisotopic (exact) mass is 439 g/mol. The summed E-state index contributed by atoms with van der Waals surface area (Å²) in [6.07, 6.45) is 2.12. The van der Waals surface area contributed by atoms with Gasteiger partial charge in [-0.05, 0) is 31.5 Å². The number of hydrogen-bond acceptors (Lipinski definition) is 6. The van der Waals surface area contributed by atoms with Crippen LogP contribution in [0, 0.1) is 0 Å². The maximum absolute atomic E-state index is 13.5. The molecule has 1 aromatic heterocycles. The average molecular weight is 440 g/mol. The van der Waals surface area contributed by atoms with Gasteiger partial charge in [0.2, 0.25) is 10.0 Å². The van der Waals surface area contributed by atoms with Gasteiger partial charge in [0, 0.05) is 32.5 Å². The number of halogens is 1. The van der Waals surface area contributed by atoms with Gasteiger partial charge >= 0.3 is 0 Å². The molecule has 1 aliphatic rings. The summed E-state index contributed by atoms with van der Waals surface area (Å²) < 4.78 is 38.9. The minimum Gasteiger partial charge on any atom is -0.482 e. The number of sulfonamides is 1. The molecule has 0 fully saturated rings. The third-order valence-electron chi connectivity index (χ3n) is 4.53. The first-order chi connectivity index (χ1) is 13.8. The van der Waals surface area contributed by atoms with Gasteiger partial charge in [-0.3, -0.25) is 9.78 Å². The van der Waals surface area contributed by atoms with Gasteiger partial charge in [-0.2, -0.15) is 4.31 Å². The maximum Gasteiger partial charge on any atom is 0.262 e. The van der Waals surface area contributed by atoms with Gasteiger partial charge in [0.05, 0.1) is 22.4 Å². The van der Waals surface area contributed by atoms with Crippen LogP contribution in [0.25, 0.3) is 0 Å². The van der Waals surface area contributed by atoms with Crippen LogP contribution in [0.3, 0.4) is 0 Å². The smallest absolute Gasteiger partial charge is 0.262 e. The highest BCUT2D eigenvalue weighted by Crippen LogP contribution is 2.38. The molecule has 8 nitrogen and oxygen atoms in total. The van der Waals surface area contributed by atoms with E-state index >= 15 is 0 Å². The van der Waals surface area contributed by atoms with Crippen LogP contribution >= 0.6 is 11.6 Å². The van der Waals surface area contributed by atoms with Gasteiger partial charge in [0.15, 0.2) is 6.61 Å². The topological polar surface area (TPSA) is 97.8 Å². The molecule has 0 radical (unpaired) electrons. The highest BCUT2D eigenvalue weighted by atomic mass is 35.5. The summed E-state index contributed by atoms with van der Waals surface area (Å²) in [7, 11) is -2.43. The Balaban J connectivity index is 2.01. The van der Waals surface area contributed by atoms with E-state index in [9.17, 15) is 13.2 Å². The number of carbonyl (C=O) groups is 1. The molecule has 1 amide bonds. The van der Waals surface area contributed by atoms with Crippen LogP contribution < -0.4 is 10.1 Å². The summed E-state index contributed by atoms with van der Waals surface area (Å²) in [6.45, 7) is 2.22. The van der Waals surface area contributed by atoms with Gasteiger partial charge < -0.3 is 14.8 Å². The van der Waals surface area contributed by atoms with Crippen molar-refractivity contribution in [2.45, 2.75) is 24.3 Å². The highest BCUT2D eigenvalue weighted by molar-refractivity contribution is 7.89. The molecule has 3 rings (SSSR count). The first kappa shape index (κ1) is 21.5. The predicted molar refractivity (Wildman–Crippen MR) is 109 cm³/mol. The maximum atomic E-state index is 13.5. The zero-order valence-electron chi connectivity index (χ0n) is 16.1. The standard InChI is InChI=1S/C19H22ClN3O5S/c1-13(15-6-3-4-7-21-15)23(8-5-9-27-2)29(25,26)18-11-17-16(10-14(18)20)22-19(24)12-28-17/h3-4,6-7,10-11,13H,5,8-9,12H2,1-2H3,(H,22,24). The highest BCUT2D eigenvalue weighted by Gasteiger charge is 2.33. The van der Waals surface area contributed by atoms with E-state index in [1.807, 2.05) is 0 Å². The molecule has 10 heteroatoms. The van der Waals surface area contributed by atoms with Gasteiger partial charge in [-0.15, -0.1) is 0 Å². The molecule has 29 heavy (non-hydrogen) atoms. The molecule has 1 atom stereocenters. The lowest BCUT2D eigenvalue weighted by Gasteiger charge is -2.29. The molecule has 0 aliphatic carbocycles. The summed E-state index contributed by atoms with van der Waals surface area (Å²) in [5.41, 5.74) is 0.958. The number of carbonyl (C=O) groups excluding carboxylic acids is 1. The average Bonchev–Trinajstić information content (AvgIpc) is 2.70. The molecule has 1 aromatic carbocycles. The van der Waals surface area contributed by atoms with Gasteiger partial charge in [-0.1, -0.05) is 17.7 Å². The summed E-state index contributed by atoms with van der Waals surface area (Å²) in [5.74, 6) is -0.0657. The number of anilines is 1. The minimum absolute atomic E-state index is 0.000451. The number of nitrogens with one attached hydrogen (secondary N) is 1. The van der Waals surface area contributed by atoms with Crippen LogP contribution in [0.5, 0.6) is 5.75 Å². The first-order valence-electron chi connectivity index (χ1n) is 9.02. The number of rotatable bonds is 8. The number of fused-ring (bicyclic) bond motifs is 1. The van der Waals surface area contributed by atoms with E-state index in [2.05, 4.69) is 10.3 Å². The van der Waals surface area contributed by atoms with Gasteiger partial charge in [0.1, 0.15) is 10.6 Å². The van der Waals surface area contributed by atoms with Crippen molar-refractivity contribution < 1.29 is 22.7 Å². The van der Waals surface area contributed by atoms with Crippen molar-refractivity contribution in [1.82, 2.24) is 9.29 Å². The Bertz CT molecular complexity index is 985. The Morgan fingerprint density at radius 2 is 2.17 bits per heavy atom. The Kier molecular flexibility index (Phi) is 6.74. The molecule has 2 heterocycles. The minimum atomic E-state index is -3.99. The van der Waals surface area contributed by atoms with Crippen LogP contribution in [0.1, 0.15) is 25.1 Å². The lowest BCUT2D eigenvalue weighted by Crippen LogP contribution is -2.35. The largest absolute Gasteiger partial charge is 0.482 e. The third-order valence-corrected chi connectivity index (χ3v) is 6.96. The van der Waals surface area contributed by atoms with Crippen molar-refractivity contribution in [1.29, 1.82) is 0 Å². The molecule has 2 aromatic rings. The van der Waals surface area contributed by atoms with Crippen LogP contribution in [0.4, 0.5) is 5.69 Å². The quantitative estimate of drug-likeness (QED) is 0.635. The summed E-state index contributed by atoms with van der Waals surface area (Å²) in [6, 6.07) is 7.57. The van der Waals surface area contributed by atoms with Crippen molar-refractivity contribution in [3.63, 3.8) is 0 Å². The van der Waals surface area contributed by atoms with Crippen LogP contribution in [0.2, 0.25) is 5.02 Å². The Labute approximate surface area is 174 Å². The van der Waals surface area contributed by atoms with E-state index in [-0.39, 0.29) is 34.7 Å². The van der Waals surface area contributed by atoms with Gasteiger partial charge in [-0.25, -0.2) is 8.42 Å². The molecule has 156 valence electrons. The lowest BCUT2D eigenvalue weighted by molar-refractivity contribution is -0.118. The second-order valence-corrected chi connectivity index (χ2v) is 8.77. The third kappa shape index (κ3) is 4.69. The molecule has 0 saturated heterocycles. The van der Waals surface area contributed by atoms with Crippen molar-refractivity contribution in [3.05, 3.63) is 47.2 Å². The van der Waals surface area contributed by atoms with E-state index in [1.165, 1.54) is 16.4 Å². The number of nitrogens with zero attached hydrogens (tertiary/aromatic N) is 2. The molecule has 0 spiro atoms. The van der Waals surface area contributed by atoms with Crippen molar-refractivity contribution in [3.8, 4) is 5.75 Å². The molecule has 1 aliphatic heterocycles. The number of benzene rings is 1. The number of hydrogen-bond donors (Lipinski definition) is 1. The molecule has 1 unspecified atom stereocenters. The molecular weight excluding hydrogens is 418 g/mol.